The molecule has 0 saturated heterocycles. The molecule has 0 radical (unpaired) electrons. The van der Waals surface area contributed by atoms with Gasteiger partial charge in [0, 0.05) is 32.0 Å². The third-order valence-corrected chi connectivity index (χ3v) is 4.56. The van der Waals surface area contributed by atoms with Gasteiger partial charge in [0.05, 0.1) is 23.9 Å². The molecule has 1 unspecified atom stereocenters. The number of aromatic nitrogens is 3. The van der Waals surface area contributed by atoms with Crippen LogP contribution in [0.15, 0.2) is 54.9 Å². The summed E-state index contributed by atoms with van der Waals surface area (Å²) in [5, 5.41) is 13.7. The average Bonchev–Trinajstić information content (AvgIpc) is 3.03. The van der Waals surface area contributed by atoms with Gasteiger partial charge in [-0.15, -0.1) is 0 Å². The van der Waals surface area contributed by atoms with E-state index in [0.717, 1.165) is 11.3 Å². The zero-order valence-electron chi connectivity index (χ0n) is 14.6. The fourth-order valence-corrected chi connectivity index (χ4v) is 3.31. The van der Waals surface area contributed by atoms with Gasteiger partial charge in [0.15, 0.2) is 5.82 Å². The van der Waals surface area contributed by atoms with Gasteiger partial charge in [0.2, 0.25) is 0 Å². The Hall–Kier alpha value is -3.24. The van der Waals surface area contributed by atoms with Gasteiger partial charge in [-0.1, -0.05) is 18.2 Å². The lowest BCUT2D eigenvalue weighted by atomic mass is 10.1. The zero-order chi connectivity index (χ0) is 18.6. The van der Waals surface area contributed by atoms with E-state index in [1.54, 1.807) is 6.20 Å². The van der Waals surface area contributed by atoms with Crippen molar-refractivity contribution < 1.29 is 9.13 Å². The summed E-state index contributed by atoms with van der Waals surface area (Å²) in [6.07, 6.45) is 2.94. The molecule has 0 bridgehead atoms. The Morgan fingerprint density at radius 3 is 2.89 bits per heavy atom. The molecule has 0 spiro atoms. The van der Waals surface area contributed by atoms with Crippen LogP contribution in [-0.2, 0) is 19.6 Å². The lowest BCUT2D eigenvalue weighted by Crippen LogP contribution is -2.35. The van der Waals surface area contributed by atoms with E-state index < -0.39 is 5.82 Å². The third-order valence-electron chi connectivity index (χ3n) is 4.56. The van der Waals surface area contributed by atoms with Gasteiger partial charge < -0.3 is 4.74 Å². The van der Waals surface area contributed by atoms with Crippen LogP contribution >= 0.6 is 0 Å². The van der Waals surface area contributed by atoms with Crippen LogP contribution in [0.3, 0.4) is 0 Å². The molecule has 0 saturated carbocycles. The summed E-state index contributed by atoms with van der Waals surface area (Å²) in [6.45, 7) is 2.34. The number of pyridine rings is 1. The quantitative estimate of drug-likeness (QED) is 0.713. The zero-order valence-corrected chi connectivity index (χ0v) is 14.6. The topological polar surface area (TPSA) is 67.0 Å². The van der Waals surface area contributed by atoms with Gasteiger partial charge in [-0.3, -0.25) is 9.58 Å². The van der Waals surface area contributed by atoms with E-state index in [0.29, 0.717) is 31.7 Å². The van der Waals surface area contributed by atoms with E-state index in [2.05, 4.69) is 21.1 Å². The first-order valence-corrected chi connectivity index (χ1v) is 8.71. The molecule has 0 aliphatic carbocycles. The normalized spacial score (nSPS) is 17.0. The first kappa shape index (κ1) is 17.2. The summed E-state index contributed by atoms with van der Waals surface area (Å²) in [7, 11) is 0. The van der Waals surface area contributed by atoms with Crippen molar-refractivity contribution in [3.05, 3.63) is 77.5 Å². The summed E-state index contributed by atoms with van der Waals surface area (Å²) in [6, 6.07) is 14.6. The summed E-state index contributed by atoms with van der Waals surface area (Å²) >= 11 is 0. The molecule has 4 rings (SSSR count). The van der Waals surface area contributed by atoms with Crippen molar-refractivity contribution in [1.82, 2.24) is 19.7 Å². The SMILES string of the molecule is N#Cc1ccccc1CN1Cc2ccnn2CC(Oc2ncccc2F)C1. The standard InChI is InChI=1S/C20H18FN5O/c21-19-6-3-8-23-20(19)27-18-13-25(12-17-7-9-24-26(17)14-18)11-16-5-2-1-4-15(16)10-22/h1-9,18H,11-14H2. The van der Waals surface area contributed by atoms with Gasteiger partial charge >= 0.3 is 0 Å². The number of nitrogens with zero attached hydrogens (tertiary/aromatic N) is 5. The van der Waals surface area contributed by atoms with Crippen LogP contribution in [-0.4, -0.2) is 32.3 Å². The number of hydrogen-bond acceptors (Lipinski definition) is 5. The molecule has 0 amide bonds. The monoisotopic (exact) mass is 363 g/mol. The van der Waals surface area contributed by atoms with Crippen LogP contribution < -0.4 is 4.74 Å². The minimum Gasteiger partial charge on any atom is -0.469 e. The molecule has 27 heavy (non-hydrogen) atoms. The smallest absolute Gasteiger partial charge is 0.250 e. The largest absolute Gasteiger partial charge is 0.469 e. The maximum Gasteiger partial charge on any atom is 0.250 e. The Kier molecular flexibility index (Phi) is 4.81. The highest BCUT2D eigenvalue weighted by atomic mass is 19.1. The average molecular weight is 363 g/mol. The molecule has 1 aliphatic rings. The van der Waals surface area contributed by atoms with E-state index in [4.69, 9.17) is 4.74 Å². The second-order valence-electron chi connectivity index (χ2n) is 6.47. The van der Waals surface area contributed by atoms with Gasteiger partial charge in [0.25, 0.3) is 5.88 Å². The van der Waals surface area contributed by atoms with Crippen molar-refractivity contribution in [1.29, 1.82) is 5.26 Å². The highest BCUT2D eigenvalue weighted by Gasteiger charge is 2.25. The van der Waals surface area contributed by atoms with E-state index in [9.17, 15) is 9.65 Å². The van der Waals surface area contributed by atoms with Crippen molar-refractivity contribution in [2.45, 2.75) is 25.7 Å². The Bertz CT molecular complexity index is 980. The molecule has 1 aliphatic heterocycles. The van der Waals surface area contributed by atoms with Crippen molar-refractivity contribution in [3.63, 3.8) is 0 Å². The first-order valence-electron chi connectivity index (χ1n) is 8.71. The van der Waals surface area contributed by atoms with Gasteiger partial charge in [-0.25, -0.2) is 9.37 Å². The van der Waals surface area contributed by atoms with Crippen LogP contribution in [0, 0.1) is 17.1 Å². The molecular weight excluding hydrogens is 345 g/mol. The molecule has 3 aromatic rings. The van der Waals surface area contributed by atoms with Crippen molar-refractivity contribution in [3.8, 4) is 11.9 Å². The van der Waals surface area contributed by atoms with Crippen LogP contribution in [0.4, 0.5) is 4.39 Å². The number of benzene rings is 1. The molecule has 6 nitrogen and oxygen atoms in total. The fourth-order valence-electron chi connectivity index (χ4n) is 3.31. The van der Waals surface area contributed by atoms with Crippen LogP contribution in [0.2, 0.25) is 0 Å². The summed E-state index contributed by atoms with van der Waals surface area (Å²) in [5.74, 6) is -0.487. The first-order chi connectivity index (χ1) is 13.2. The van der Waals surface area contributed by atoms with E-state index in [1.807, 2.05) is 35.0 Å². The minimum atomic E-state index is -0.483. The second kappa shape index (κ2) is 7.56. The number of nitriles is 1. The highest BCUT2D eigenvalue weighted by molar-refractivity contribution is 5.37. The molecule has 1 aromatic carbocycles. The molecule has 3 heterocycles. The van der Waals surface area contributed by atoms with E-state index in [-0.39, 0.29) is 12.0 Å². The number of hydrogen-bond donors (Lipinski definition) is 0. The van der Waals surface area contributed by atoms with Crippen LogP contribution in [0.5, 0.6) is 5.88 Å². The summed E-state index contributed by atoms with van der Waals surface area (Å²) in [4.78, 5) is 6.18. The lowest BCUT2D eigenvalue weighted by Gasteiger charge is -2.24. The molecule has 136 valence electrons. The van der Waals surface area contributed by atoms with Crippen LogP contribution in [0.25, 0.3) is 0 Å². The van der Waals surface area contributed by atoms with Crippen molar-refractivity contribution in [2.24, 2.45) is 0 Å². The predicted octanol–water partition coefficient (Wildman–Crippen LogP) is 2.75. The maximum atomic E-state index is 14.0. The Morgan fingerprint density at radius 2 is 2.04 bits per heavy atom. The van der Waals surface area contributed by atoms with Crippen molar-refractivity contribution >= 4 is 0 Å². The van der Waals surface area contributed by atoms with Crippen LogP contribution in [0.1, 0.15) is 16.8 Å². The maximum absolute atomic E-state index is 14.0. The Balaban J connectivity index is 1.59. The fraction of sp³-hybridized carbons (Fsp3) is 0.250. The number of halogens is 1. The highest BCUT2D eigenvalue weighted by Crippen LogP contribution is 2.20. The summed E-state index contributed by atoms with van der Waals surface area (Å²) in [5.41, 5.74) is 2.66. The third kappa shape index (κ3) is 3.81. The number of ether oxygens (including phenoxy) is 1. The van der Waals surface area contributed by atoms with Crippen molar-refractivity contribution in [2.75, 3.05) is 6.54 Å². The van der Waals surface area contributed by atoms with Gasteiger partial charge in [-0.2, -0.15) is 10.4 Å². The minimum absolute atomic E-state index is 0.00418. The molecular formula is C20H18FN5O. The van der Waals surface area contributed by atoms with Gasteiger partial charge in [0.1, 0.15) is 6.10 Å². The predicted molar refractivity (Wildman–Crippen MR) is 96.1 cm³/mol. The van der Waals surface area contributed by atoms with E-state index in [1.165, 1.54) is 18.3 Å². The second-order valence-corrected chi connectivity index (χ2v) is 6.47. The lowest BCUT2D eigenvalue weighted by molar-refractivity contribution is 0.113. The molecule has 0 N–H and O–H groups in total. The molecule has 1 atom stereocenters. The number of rotatable bonds is 4. The number of fused-ring (bicyclic) bond motifs is 1. The Labute approximate surface area is 156 Å². The Morgan fingerprint density at radius 1 is 1.15 bits per heavy atom. The van der Waals surface area contributed by atoms with E-state index >= 15 is 0 Å². The molecule has 2 aromatic heterocycles. The molecule has 7 heteroatoms. The summed E-state index contributed by atoms with van der Waals surface area (Å²) < 4.78 is 21.7. The molecule has 0 fully saturated rings. The van der Waals surface area contributed by atoms with Gasteiger partial charge in [-0.05, 0) is 29.8 Å².